The Kier molecular flexibility index (Phi) is 9.65. The molecule has 7 nitrogen and oxygen atoms in total. The van der Waals surface area contributed by atoms with E-state index in [2.05, 4.69) is 118 Å². The number of hydrogen-bond donors (Lipinski definition) is 0. The van der Waals surface area contributed by atoms with E-state index in [1.807, 2.05) is 19.1 Å². The molecule has 0 aliphatic carbocycles. The molecule has 4 heterocycles. The quantitative estimate of drug-likeness (QED) is 0.304. The summed E-state index contributed by atoms with van der Waals surface area (Å²) in [6, 6.07) is 21.1. The molecule has 7 atom stereocenters. The van der Waals surface area contributed by atoms with Crippen LogP contribution in [0.3, 0.4) is 0 Å². The lowest BCUT2D eigenvalue weighted by atomic mass is 9.81. The van der Waals surface area contributed by atoms with Crippen LogP contribution in [0.15, 0.2) is 60.7 Å². The molecule has 0 saturated carbocycles. The summed E-state index contributed by atoms with van der Waals surface area (Å²) < 4.78 is 41.7. The van der Waals surface area contributed by atoms with E-state index in [1.165, 1.54) is 10.4 Å². The smallest absolute Gasteiger partial charge is 0.349 e. The molecule has 4 fully saturated rings. The van der Waals surface area contributed by atoms with Crippen molar-refractivity contribution in [3.63, 3.8) is 0 Å². The number of rotatable bonds is 5. The van der Waals surface area contributed by atoms with Crippen LogP contribution in [0, 0.1) is 0 Å². The van der Waals surface area contributed by atoms with E-state index >= 15 is 0 Å². The number of Topliss-reactive ketones (excluding diaryl/α,β-unsaturated/α-hetero) is 1. The molecule has 4 saturated heterocycles. The molecule has 0 unspecified atom stereocenters. The minimum absolute atomic E-state index is 0.0233. The van der Waals surface area contributed by atoms with Crippen LogP contribution >= 0.6 is 0 Å². The van der Waals surface area contributed by atoms with Crippen LogP contribution in [0.5, 0.6) is 0 Å². The molecular weight excluding hydrogens is 649 g/mol. The third-order valence-corrected chi connectivity index (χ3v) is 21.9. The van der Waals surface area contributed by atoms with E-state index in [4.69, 9.17) is 27.5 Å². The number of ketones is 1. The second-order valence-electron chi connectivity index (χ2n) is 18.5. The lowest BCUT2D eigenvalue weighted by Gasteiger charge is -2.56. The van der Waals surface area contributed by atoms with Crippen LogP contribution in [0.4, 0.5) is 0 Å². The topological polar surface area (TPSA) is 72.5 Å². The first-order chi connectivity index (χ1) is 22.7. The van der Waals surface area contributed by atoms with Crippen molar-refractivity contribution < 1.29 is 32.3 Å². The van der Waals surface area contributed by atoms with Gasteiger partial charge in [-0.05, 0) is 42.1 Å². The van der Waals surface area contributed by atoms with Gasteiger partial charge in [-0.25, -0.2) is 0 Å². The van der Waals surface area contributed by atoms with Crippen LogP contribution < -0.4 is 10.4 Å². The van der Waals surface area contributed by atoms with Gasteiger partial charge in [0.05, 0.1) is 43.2 Å². The van der Waals surface area contributed by atoms with Gasteiger partial charge < -0.3 is 27.5 Å². The maximum Gasteiger partial charge on any atom is 0.349 e. The third-order valence-electron chi connectivity index (χ3n) is 11.7. The van der Waals surface area contributed by atoms with E-state index in [-0.39, 0.29) is 64.4 Å². The van der Waals surface area contributed by atoms with E-state index in [1.54, 1.807) is 0 Å². The predicted octanol–water partition coefficient (Wildman–Crippen LogP) is 7.23. The van der Waals surface area contributed by atoms with E-state index in [0.717, 1.165) is 19.3 Å². The molecule has 0 N–H and O–H groups in total. The summed E-state index contributed by atoms with van der Waals surface area (Å²) in [6.45, 7) is 25.0. The standard InChI is InChI=1S/C40H60O7Si2/c1-36(2,3)48(28-18-14-12-15-19-28,29-20-16-13-17-21-29)43-27-40(11)34(41)25-35-39(10,47-40)23-22-30-31(45-35)24-32-33(44-30)26-42-49(46-32,37(4,5)6)38(7,8)9/h12-21,30-33,35H,22-27H2,1-11H3/t30-,31+,32-,33+,35-,39+,40-/m0/s1. The highest BCUT2D eigenvalue weighted by Crippen LogP contribution is 2.56. The molecule has 0 spiro atoms. The maximum atomic E-state index is 14.2. The SMILES string of the molecule is CC(C)(C)[Si](OC[C@]1(C)O[C@]2(C)CC[C@@H]3O[C@@H]4CO[Si](C(C)(C)C)(C(C)(C)C)O[C@H]4C[C@H]3O[C@H]2CC1=O)(c1ccccc1)c1ccccc1. The summed E-state index contributed by atoms with van der Waals surface area (Å²) in [7, 11) is -5.53. The minimum atomic E-state index is -2.88. The summed E-state index contributed by atoms with van der Waals surface area (Å²) >= 11 is 0. The van der Waals surface area contributed by atoms with Crippen molar-refractivity contribution in [1.29, 1.82) is 0 Å². The van der Waals surface area contributed by atoms with Crippen molar-refractivity contribution in [2.45, 2.75) is 159 Å². The molecule has 2 aromatic rings. The van der Waals surface area contributed by atoms with Crippen LogP contribution in [0.25, 0.3) is 0 Å². The molecule has 4 aliphatic heterocycles. The summed E-state index contributed by atoms with van der Waals surface area (Å²) in [5.74, 6) is 0.0233. The molecule has 4 aliphatic rings. The van der Waals surface area contributed by atoms with Gasteiger partial charge in [0.25, 0.3) is 8.32 Å². The first-order valence-corrected chi connectivity index (χ1v) is 22.1. The largest absolute Gasteiger partial charge is 0.404 e. The van der Waals surface area contributed by atoms with Gasteiger partial charge in [-0.2, -0.15) is 0 Å². The molecule has 6 rings (SSSR count). The van der Waals surface area contributed by atoms with Gasteiger partial charge in [-0.1, -0.05) is 123 Å². The maximum absolute atomic E-state index is 14.2. The molecule has 0 amide bonds. The van der Waals surface area contributed by atoms with Crippen LogP contribution in [0.1, 0.15) is 102 Å². The first kappa shape index (κ1) is 37.1. The summed E-state index contributed by atoms with van der Waals surface area (Å²) in [6.07, 6.45) is 1.63. The minimum Gasteiger partial charge on any atom is -0.404 e. The number of carbonyl (C=O) groups is 1. The van der Waals surface area contributed by atoms with Crippen LogP contribution in [-0.2, 0) is 32.3 Å². The Balaban J connectivity index is 1.24. The Bertz CT molecular complexity index is 1430. The van der Waals surface area contributed by atoms with Gasteiger partial charge >= 0.3 is 8.56 Å². The summed E-state index contributed by atoms with van der Waals surface area (Å²) in [5, 5.41) is 1.93. The monoisotopic (exact) mass is 708 g/mol. The van der Waals surface area contributed by atoms with Gasteiger partial charge in [0, 0.05) is 22.9 Å². The van der Waals surface area contributed by atoms with Gasteiger partial charge in [-0.3, -0.25) is 4.79 Å². The van der Waals surface area contributed by atoms with Gasteiger partial charge in [0.2, 0.25) is 0 Å². The Morgan fingerprint density at radius 1 is 0.796 bits per heavy atom. The van der Waals surface area contributed by atoms with E-state index in [0.29, 0.717) is 6.61 Å². The average Bonchev–Trinajstić information content (AvgIpc) is 3.15. The third kappa shape index (κ3) is 6.39. The Hall–Kier alpha value is -1.70. The predicted molar refractivity (Wildman–Crippen MR) is 198 cm³/mol. The Morgan fingerprint density at radius 2 is 1.37 bits per heavy atom. The number of hydrogen-bond acceptors (Lipinski definition) is 7. The molecular formula is C40H60O7Si2. The molecule has 0 radical (unpaired) electrons. The molecule has 2 aromatic carbocycles. The van der Waals surface area contributed by atoms with Gasteiger partial charge in [0.15, 0.2) is 5.78 Å². The fraction of sp³-hybridized carbons (Fsp3) is 0.675. The molecule has 270 valence electrons. The first-order valence-electron chi connectivity index (χ1n) is 18.4. The molecule has 0 aromatic heterocycles. The van der Waals surface area contributed by atoms with Crippen molar-refractivity contribution in [3.8, 4) is 0 Å². The number of ether oxygens (including phenoxy) is 3. The second-order valence-corrected chi connectivity index (χ2v) is 27.5. The molecule has 0 bridgehead atoms. The normalized spacial score (nSPS) is 33.9. The molecule has 49 heavy (non-hydrogen) atoms. The average molecular weight is 709 g/mol. The van der Waals surface area contributed by atoms with E-state index in [9.17, 15) is 4.79 Å². The summed E-state index contributed by atoms with van der Waals surface area (Å²) in [4.78, 5) is 14.2. The zero-order valence-corrected chi connectivity index (χ0v) is 33.8. The summed E-state index contributed by atoms with van der Waals surface area (Å²) in [5.41, 5.74) is -1.79. The van der Waals surface area contributed by atoms with Crippen molar-refractivity contribution in [2.24, 2.45) is 0 Å². The Labute approximate surface area is 297 Å². The van der Waals surface area contributed by atoms with E-state index < -0.39 is 28.1 Å². The zero-order valence-electron chi connectivity index (χ0n) is 31.8. The highest BCUT2D eigenvalue weighted by atomic mass is 28.4. The number of fused-ring (bicyclic) bond motifs is 3. The molecule has 9 heteroatoms. The number of benzene rings is 2. The fourth-order valence-corrected chi connectivity index (χ4v) is 19.0. The van der Waals surface area contributed by atoms with Crippen molar-refractivity contribution >= 4 is 33.0 Å². The second kappa shape index (κ2) is 12.8. The van der Waals surface area contributed by atoms with Crippen LogP contribution in [-0.4, -0.2) is 77.6 Å². The van der Waals surface area contributed by atoms with Gasteiger partial charge in [0.1, 0.15) is 11.7 Å². The lowest BCUT2D eigenvalue weighted by molar-refractivity contribution is -0.250. The number of carbonyl (C=O) groups excluding carboxylic acids is 1. The highest BCUT2D eigenvalue weighted by molar-refractivity contribution is 6.99. The van der Waals surface area contributed by atoms with Crippen molar-refractivity contribution in [1.82, 2.24) is 0 Å². The van der Waals surface area contributed by atoms with Crippen molar-refractivity contribution in [2.75, 3.05) is 13.2 Å². The van der Waals surface area contributed by atoms with Gasteiger partial charge in [-0.15, -0.1) is 0 Å². The van der Waals surface area contributed by atoms with Crippen molar-refractivity contribution in [3.05, 3.63) is 60.7 Å². The Morgan fingerprint density at radius 3 is 1.90 bits per heavy atom. The lowest BCUT2D eigenvalue weighted by Crippen LogP contribution is -2.69. The zero-order chi connectivity index (χ0) is 35.7. The fourth-order valence-electron chi connectivity index (χ4n) is 9.36. The highest BCUT2D eigenvalue weighted by Gasteiger charge is 2.64. The van der Waals surface area contributed by atoms with Crippen LogP contribution in [0.2, 0.25) is 15.1 Å².